The number of anilines is 1. The van der Waals surface area contributed by atoms with Crippen molar-refractivity contribution in [2.24, 2.45) is 0 Å². The van der Waals surface area contributed by atoms with E-state index in [0.29, 0.717) is 18.2 Å². The van der Waals surface area contributed by atoms with Gasteiger partial charge in [-0.25, -0.2) is 4.39 Å². The maximum atomic E-state index is 13.7. The van der Waals surface area contributed by atoms with Crippen LogP contribution in [0.3, 0.4) is 0 Å². The summed E-state index contributed by atoms with van der Waals surface area (Å²) in [5, 5.41) is 8.95. The quantitative estimate of drug-likeness (QED) is 0.735. The third-order valence-corrected chi connectivity index (χ3v) is 3.11. The number of aryl methyl sites for hydroxylation is 1. The van der Waals surface area contributed by atoms with Crippen molar-refractivity contribution in [3.8, 4) is 0 Å². The van der Waals surface area contributed by atoms with Crippen molar-refractivity contribution in [3.63, 3.8) is 0 Å². The van der Waals surface area contributed by atoms with Crippen LogP contribution in [0.2, 0.25) is 0 Å². The molecular formula is C13H18FN3O. The monoisotopic (exact) mass is 251 g/mol. The van der Waals surface area contributed by atoms with Gasteiger partial charge in [-0.15, -0.1) is 0 Å². The van der Waals surface area contributed by atoms with Crippen LogP contribution in [0.1, 0.15) is 12.5 Å². The number of piperazine rings is 1. The van der Waals surface area contributed by atoms with Crippen molar-refractivity contribution in [3.05, 3.63) is 29.6 Å². The molecule has 1 saturated heterocycles. The van der Waals surface area contributed by atoms with Gasteiger partial charge in [0, 0.05) is 19.1 Å². The fraction of sp³-hybridized carbons (Fsp3) is 0.462. The highest BCUT2D eigenvalue weighted by molar-refractivity contribution is 5.95. The van der Waals surface area contributed by atoms with E-state index in [9.17, 15) is 9.18 Å². The second kappa shape index (κ2) is 5.46. The zero-order valence-electron chi connectivity index (χ0n) is 10.6. The van der Waals surface area contributed by atoms with Crippen LogP contribution >= 0.6 is 0 Å². The summed E-state index contributed by atoms with van der Waals surface area (Å²) >= 11 is 0. The molecule has 4 nitrogen and oxygen atoms in total. The minimum Gasteiger partial charge on any atom is -0.322 e. The first kappa shape index (κ1) is 13.0. The van der Waals surface area contributed by atoms with Crippen LogP contribution in [-0.4, -0.2) is 31.1 Å². The van der Waals surface area contributed by atoms with E-state index in [1.165, 1.54) is 0 Å². The van der Waals surface area contributed by atoms with E-state index in [1.807, 2.05) is 6.92 Å². The molecule has 2 rings (SSSR count). The molecule has 0 radical (unpaired) electrons. The van der Waals surface area contributed by atoms with Gasteiger partial charge in [0.2, 0.25) is 5.91 Å². The van der Waals surface area contributed by atoms with Gasteiger partial charge in [-0.05, 0) is 25.5 Å². The third-order valence-electron chi connectivity index (χ3n) is 3.11. The number of nitrogens with one attached hydrogen (secondary N) is 3. The molecule has 98 valence electrons. The molecular weight excluding hydrogens is 233 g/mol. The molecule has 0 saturated carbocycles. The summed E-state index contributed by atoms with van der Waals surface area (Å²) in [4.78, 5) is 12.0. The number of benzene rings is 1. The van der Waals surface area contributed by atoms with Crippen LogP contribution in [0, 0.1) is 12.7 Å². The van der Waals surface area contributed by atoms with E-state index in [4.69, 9.17) is 0 Å². The molecule has 1 aliphatic heterocycles. The number of hydrogen-bond acceptors (Lipinski definition) is 3. The average Bonchev–Trinajstić information content (AvgIpc) is 2.36. The summed E-state index contributed by atoms with van der Waals surface area (Å²) in [7, 11) is 0. The molecule has 1 aliphatic rings. The smallest absolute Gasteiger partial charge is 0.242 e. The largest absolute Gasteiger partial charge is 0.322 e. The van der Waals surface area contributed by atoms with Crippen LogP contribution < -0.4 is 16.0 Å². The second-order valence-corrected chi connectivity index (χ2v) is 4.70. The second-order valence-electron chi connectivity index (χ2n) is 4.70. The zero-order valence-corrected chi connectivity index (χ0v) is 10.6. The average molecular weight is 251 g/mol. The summed E-state index contributed by atoms with van der Waals surface area (Å²) in [6.45, 7) is 5.00. The molecule has 0 spiro atoms. The summed E-state index contributed by atoms with van der Waals surface area (Å²) in [5.74, 6) is -0.582. The minimum absolute atomic E-state index is 0.209. The Balaban J connectivity index is 2.01. The number of halogens is 1. The molecule has 1 heterocycles. The molecule has 2 atom stereocenters. The standard InChI is InChI=1S/C13H18FN3O/c1-8-4-3-5-10(12(8)14)17-13(18)11-7-15-9(2)6-16-11/h3-5,9,11,15-16H,6-7H2,1-2H3,(H,17,18). The Morgan fingerprint density at radius 3 is 2.83 bits per heavy atom. The molecule has 0 aromatic heterocycles. The first-order chi connectivity index (χ1) is 8.58. The highest BCUT2D eigenvalue weighted by atomic mass is 19.1. The van der Waals surface area contributed by atoms with Crippen molar-refractivity contribution >= 4 is 11.6 Å². The highest BCUT2D eigenvalue weighted by Gasteiger charge is 2.23. The normalized spacial score (nSPS) is 23.7. The summed E-state index contributed by atoms with van der Waals surface area (Å²) in [6.07, 6.45) is 0. The fourth-order valence-corrected chi connectivity index (χ4v) is 1.93. The van der Waals surface area contributed by atoms with Gasteiger partial charge in [-0.2, -0.15) is 0 Å². The van der Waals surface area contributed by atoms with E-state index in [-0.39, 0.29) is 23.5 Å². The van der Waals surface area contributed by atoms with Gasteiger partial charge >= 0.3 is 0 Å². The predicted molar refractivity (Wildman–Crippen MR) is 69.0 cm³/mol. The van der Waals surface area contributed by atoms with Crippen LogP contribution in [0.15, 0.2) is 18.2 Å². The summed E-state index contributed by atoms with van der Waals surface area (Å²) < 4.78 is 13.7. The number of rotatable bonds is 2. The van der Waals surface area contributed by atoms with E-state index in [2.05, 4.69) is 16.0 Å². The molecule has 0 bridgehead atoms. The van der Waals surface area contributed by atoms with E-state index < -0.39 is 0 Å². The van der Waals surface area contributed by atoms with Gasteiger partial charge < -0.3 is 16.0 Å². The third kappa shape index (κ3) is 2.86. The molecule has 18 heavy (non-hydrogen) atoms. The van der Waals surface area contributed by atoms with E-state index in [0.717, 1.165) is 6.54 Å². The summed E-state index contributed by atoms with van der Waals surface area (Å²) in [6, 6.07) is 5.00. The lowest BCUT2D eigenvalue weighted by atomic mass is 10.1. The van der Waals surface area contributed by atoms with E-state index in [1.54, 1.807) is 25.1 Å². The number of carbonyl (C=O) groups is 1. The highest BCUT2D eigenvalue weighted by Crippen LogP contribution is 2.17. The van der Waals surface area contributed by atoms with Gasteiger partial charge in [0.25, 0.3) is 0 Å². The minimum atomic E-state index is -0.372. The molecule has 5 heteroatoms. The van der Waals surface area contributed by atoms with Gasteiger partial charge in [0.05, 0.1) is 11.7 Å². The van der Waals surface area contributed by atoms with Crippen LogP contribution in [0.4, 0.5) is 10.1 Å². The maximum absolute atomic E-state index is 13.7. The number of carbonyl (C=O) groups excluding carboxylic acids is 1. The van der Waals surface area contributed by atoms with Gasteiger partial charge in [-0.1, -0.05) is 12.1 Å². The molecule has 1 aromatic rings. The van der Waals surface area contributed by atoms with Gasteiger partial charge in [0.1, 0.15) is 5.82 Å². The Morgan fingerprint density at radius 2 is 2.17 bits per heavy atom. The van der Waals surface area contributed by atoms with Crippen molar-refractivity contribution < 1.29 is 9.18 Å². The molecule has 0 aliphatic carbocycles. The van der Waals surface area contributed by atoms with Crippen molar-refractivity contribution in [2.45, 2.75) is 25.9 Å². The lowest BCUT2D eigenvalue weighted by Gasteiger charge is -2.28. The molecule has 1 fully saturated rings. The predicted octanol–water partition coefficient (Wildman–Crippen LogP) is 1.02. The Kier molecular flexibility index (Phi) is 3.93. The lowest BCUT2D eigenvalue weighted by molar-refractivity contribution is -0.118. The Labute approximate surface area is 106 Å². The van der Waals surface area contributed by atoms with E-state index >= 15 is 0 Å². The zero-order chi connectivity index (χ0) is 13.1. The van der Waals surface area contributed by atoms with Crippen molar-refractivity contribution in [1.82, 2.24) is 10.6 Å². The molecule has 2 unspecified atom stereocenters. The number of hydrogen-bond donors (Lipinski definition) is 3. The first-order valence-electron chi connectivity index (χ1n) is 6.10. The van der Waals surface area contributed by atoms with Gasteiger partial charge in [0.15, 0.2) is 0 Å². The first-order valence-corrected chi connectivity index (χ1v) is 6.10. The van der Waals surface area contributed by atoms with Crippen LogP contribution in [0.25, 0.3) is 0 Å². The maximum Gasteiger partial charge on any atom is 0.242 e. The Morgan fingerprint density at radius 1 is 1.39 bits per heavy atom. The molecule has 3 N–H and O–H groups in total. The fourth-order valence-electron chi connectivity index (χ4n) is 1.93. The van der Waals surface area contributed by atoms with Crippen molar-refractivity contribution in [1.29, 1.82) is 0 Å². The number of amides is 1. The van der Waals surface area contributed by atoms with Gasteiger partial charge in [-0.3, -0.25) is 4.79 Å². The molecule has 1 amide bonds. The topological polar surface area (TPSA) is 53.2 Å². The lowest BCUT2D eigenvalue weighted by Crippen LogP contribution is -2.57. The SMILES string of the molecule is Cc1cccc(NC(=O)C2CNC(C)CN2)c1F. The molecule has 1 aromatic carbocycles. The Bertz CT molecular complexity index is 442. The Hall–Kier alpha value is -1.46. The van der Waals surface area contributed by atoms with Crippen LogP contribution in [-0.2, 0) is 4.79 Å². The van der Waals surface area contributed by atoms with Crippen molar-refractivity contribution in [2.75, 3.05) is 18.4 Å². The van der Waals surface area contributed by atoms with Crippen LogP contribution in [0.5, 0.6) is 0 Å². The summed E-state index contributed by atoms with van der Waals surface area (Å²) in [5.41, 5.74) is 0.761.